The summed E-state index contributed by atoms with van der Waals surface area (Å²) in [7, 11) is 0. The van der Waals surface area contributed by atoms with Gasteiger partial charge >= 0.3 is 0 Å². The summed E-state index contributed by atoms with van der Waals surface area (Å²) in [5.74, 6) is 1.78. The Morgan fingerprint density at radius 2 is 0.920 bits per heavy atom. The number of benzene rings is 8. The largest absolute Gasteiger partial charge is 0.456 e. The van der Waals surface area contributed by atoms with Gasteiger partial charge < -0.3 is 8.83 Å². The Morgan fingerprint density at radius 1 is 0.340 bits per heavy atom. The molecule has 0 fully saturated rings. The normalized spacial score (nSPS) is 12.0. The first-order valence-corrected chi connectivity index (χ1v) is 16.7. The summed E-state index contributed by atoms with van der Waals surface area (Å²) in [6, 6.07) is 52.1. The highest BCUT2D eigenvalue weighted by Gasteiger charge is 2.20. The fraction of sp³-hybridized carbons (Fsp3) is 0. The second kappa shape index (κ2) is 10.3. The van der Waals surface area contributed by atoms with Gasteiger partial charge in [-0.1, -0.05) is 121 Å². The van der Waals surface area contributed by atoms with E-state index in [4.69, 9.17) is 23.8 Å². The van der Waals surface area contributed by atoms with Crippen molar-refractivity contribution in [2.24, 2.45) is 0 Å². The number of rotatable bonds is 3. The van der Waals surface area contributed by atoms with E-state index >= 15 is 0 Å². The van der Waals surface area contributed by atoms with Gasteiger partial charge in [0.25, 0.3) is 0 Å². The van der Waals surface area contributed by atoms with Crippen LogP contribution in [-0.2, 0) is 0 Å². The third-order valence-electron chi connectivity index (χ3n) is 9.89. The smallest absolute Gasteiger partial charge is 0.164 e. The monoisotopic (exact) mass is 639 g/mol. The Bertz CT molecular complexity index is 3170. The average molecular weight is 640 g/mol. The summed E-state index contributed by atoms with van der Waals surface area (Å²) in [5.41, 5.74) is 6.05. The highest BCUT2D eigenvalue weighted by atomic mass is 16.3. The molecule has 0 N–H and O–H groups in total. The van der Waals surface area contributed by atoms with Gasteiger partial charge in [-0.3, -0.25) is 0 Å². The number of hydrogen-bond donors (Lipinski definition) is 0. The molecule has 0 aliphatic heterocycles. The third-order valence-corrected chi connectivity index (χ3v) is 9.89. The van der Waals surface area contributed by atoms with Crippen molar-refractivity contribution in [2.75, 3.05) is 0 Å². The Balaban J connectivity index is 1.21. The molecule has 0 amide bonds. The van der Waals surface area contributed by atoms with Crippen LogP contribution in [0, 0.1) is 0 Å². The summed E-state index contributed by atoms with van der Waals surface area (Å²) >= 11 is 0. The van der Waals surface area contributed by atoms with Gasteiger partial charge in [0.2, 0.25) is 0 Å². The molecule has 11 rings (SSSR count). The maximum atomic E-state index is 6.61. The van der Waals surface area contributed by atoms with Crippen LogP contribution in [0.5, 0.6) is 0 Å². The van der Waals surface area contributed by atoms with E-state index in [0.717, 1.165) is 82.1 Å². The third kappa shape index (κ3) is 3.98. The van der Waals surface area contributed by atoms with Gasteiger partial charge in [-0.05, 0) is 57.3 Å². The molecule has 11 aromatic rings. The molecule has 0 unspecified atom stereocenters. The highest BCUT2D eigenvalue weighted by molar-refractivity contribution is 6.30. The van der Waals surface area contributed by atoms with Crippen LogP contribution in [0.1, 0.15) is 0 Å². The molecule has 5 heteroatoms. The molecule has 50 heavy (non-hydrogen) atoms. The SMILES string of the molecule is c1ccc2cc(-c3nc(-c4ccc5c6ccccc6c6c7ccccc7oc6c5c4)nc(-c4cccc5oc6ccccc6c45)n3)ccc2c1. The molecule has 0 saturated heterocycles. The molecular formula is C45H25N3O2. The minimum absolute atomic E-state index is 0.585. The van der Waals surface area contributed by atoms with Gasteiger partial charge in [0.1, 0.15) is 22.3 Å². The van der Waals surface area contributed by atoms with Gasteiger partial charge in [-0.15, -0.1) is 0 Å². The number of aromatic nitrogens is 3. The van der Waals surface area contributed by atoms with Crippen molar-refractivity contribution in [3.8, 4) is 34.2 Å². The zero-order chi connectivity index (χ0) is 32.8. The first-order chi connectivity index (χ1) is 24.8. The summed E-state index contributed by atoms with van der Waals surface area (Å²) in [5, 5.41) is 11.0. The molecule has 0 aliphatic rings. The van der Waals surface area contributed by atoms with Crippen molar-refractivity contribution >= 4 is 76.2 Å². The zero-order valence-electron chi connectivity index (χ0n) is 26.6. The molecule has 8 aromatic carbocycles. The fourth-order valence-corrected chi connectivity index (χ4v) is 7.59. The van der Waals surface area contributed by atoms with Crippen molar-refractivity contribution in [2.45, 2.75) is 0 Å². The van der Waals surface area contributed by atoms with E-state index < -0.39 is 0 Å². The van der Waals surface area contributed by atoms with E-state index in [1.165, 1.54) is 10.8 Å². The topological polar surface area (TPSA) is 65.0 Å². The highest BCUT2D eigenvalue weighted by Crippen LogP contribution is 2.42. The Hall–Kier alpha value is -6.85. The van der Waals surface area contributed by atoms with E-state index in [1.54, 1.807) is 0 Å². The predicted octanol–water partition coefficient (Wildman–Crippen LogP) is 12.1. The lowest BCUT2D eigenvalue weighted by Gasteiger charge is -2.11. The van der Waals surface area contributed by atoms with Gasteiger partial charge in [-0.25, -0.2) is 15.0 Å². The van der Waals surface area contributed by atoms with Crippen LogP contribution < -0.4 is 0 Å². The van der Waals surface area contributed by atoms with Gasteiger partial charge in [0, 0.05) is 43.6 Å². The van der Waals surface area contributed by atoms with Crippen LogP contribution in [0.3, 0.4) is 0 Å². The molecular weight excluding hydrogens is 615 g/mol. The first kappa shape index (κ1) is 27.1. The Labute approximate surface area is 285 Å². The minimum atomic E-state index is 0.585. The molecule has 3 aromatic heterocycles. The van der Waals surface area contributed by atoms with Crippen LogP contribution in [0.2, 0.25) is 0 Å². The van der Waals surface area contributed by atoms with Crippen LogP contribution >= 0.6 is 0 Å². The molecule has 232 valence electrons. The maximum absolute atomic E-state index is 6.61. The van der Waals surface area contributed by atoms with Gasteiger partial charge in [0.15, 0.2) is 17.5 Å². The molecule has 3 heterocycles. The maximum Gasteiger partial charge on any atom is 0.164 e. The molecule has 0 atom stereocenters. The number of para-hydroxylation sites is 2. The van der Waals surface area contributed by atoms with Crippen molar-refractivity contribution in [3.63, 3.8) is 0 Å². The Kier molecular flexibility index (Phi) is 5.60. The molecule has 0 spiro atoms. The molecule has 0 saturated carbocycles. The van der Waals surface area contributed by atoms with Crippen LogP contribution in [-0.4, -0.2) is 15.0 Å². The minimum Gasteiger partial charge on any atom is -0.456 e. The molecule has 5 nitrogen and oxygen atoms in total. The van der Waals surface area contributed by atoms with Crippen molar-refractivity contribution < 1.29 is 8.83 Å². The average Bonchev–Trinajstić information content (AvgIpc) is 3.77. The molecule has 0 bridgehead atoms. The van der Waals surface area contributed by atoms with E-state index in [1.807, 2.05) is 42.5 Å². The van der Waals surface area contributed by atoms with Crippen molar-refractivity contribution in [1.29, 1.82) is 0 Å². The summed E-state index contributed by atoms with van der Waals surface area (Å²) < 4.78 is 12.9. The Morgan fingerprint density at radius 3 is 1.74 bits per heavy atom. The van der Waals surface area contributed by atoms with Crippen LogP contribution in [0.15, 0.2) is 160 Å². The molecule has 0 aliphatic carbocycles. The first-order valence-electron chi connectivity index (χ1n) is 16.7. The number of hydrogen-bond acceptors (Lipinski definition) is 5. The second-order valence-corrected chi connectivity index (χ2v) is 12.8. The lowest BCUT2D eigenvalue weighted by atomic mass is 9.95. The lowest BCUT2D eigenvalue weighted by molar-refractivity contribution is 0.669. The van der Waals surface area contributed by atoms with Gasteiger partial charge in [0.05, 0.1) is 0 Å². The predicted molar refractivity (Wildman–Crippen MR) is 203 cm³/mol. The number of nitrogens with zero attached hydrogens (tertiary/aromatic N) is 3. The van der Waals surface area contributed by atoms with Crippen LogP contribution in [0.25, 0.3) is 110 Å². The van der Waals surface area contributed by atoms with Crippen molar-refractivity contribution in [1.82, 2.24) is 15.0 Å². The number of furan rings is 2. The zero-order valence-corrected chi connectivity index (χ0v) is 26.6. The van der Waals surface area contributed by atoms with Crippen LogP contribution in [0.4, 0.5) is 0 Å². The summed E-state index contributed by atoms with van der Waals surface area (Å²) in [6.45, 7) is 0. The van der Waals surface area contributed by atoms with E-state index in [9.17, 15) is 0 Å². The van der Waals surface area contributed by atoms with E-state index in [-0.39, 0.29) is 0 Å². The number of fused-ring (bicyclic) bond motifs is 12. The fourth-order valence-electron chi connectivity index (χ4n) is 7.59. The summed E-state index contributed by atoms with van der Waals surface area (Å²) in [6.07, 6.45) is 0. The lowest BCUT2D eigenvalue weighted by Crippen LogP contribution is -2.00. The standard InChI is InChI=1S/C45H25N3O2/c1-2-11-27-24-28(21-20-26(27)10-1)43-46-44(48-45(47-43)35-16-9-19-39-40(35)33-14-5-7-17-37(33)49-39)29-22-23-31-30-12-3-4-13-32(30)41-34-15-6-8-18-38(34)50-42(41)36(31)25-29/h1-25H. The quantitative estimate of drug-likeness (QED) is 0.180. The summed E-state index contributed by atoms with van der Waals surface area (Å²) in [4.78, 5) is 15.5. The van der Waals surface area contributed by atoms with E-state index in [0.29, 0.717) is 17.5 Å². The second-order valence-electron chi connectivity index (χ2n) is 12.8. The molecule has 0 radical (unpaired) electrons. The van der Waals surface area contributed by atoms with Gasteiger partial charge in [-0.2, -0.15) is 0 Å². The van der Waals surface area contributed by atoms with Crippen molar-refractivity contribution in [3.05, 3.63) is 152 Å². The van der Waals surface area contributed by atoms with E-state index in [2.05, 4.69) is 109 Å².